The largest absolute Gasteiger partial charge is 0.326 e. The van der Waals surface area contributed by atoms with Crippen LogP contribution in [0.4, 0.5) is 11.4 Å². The van der Waals surface area contributed by atoms with E-state index in [0.717, 1.165) is 25.0 Å². The highest BCUT2D eigenvalue weighted by molar-refractivity contribution is 7.80. The Morgan fingerprint density at radius 1 is 1.48 bits per heavy atom. The fraction of sp³-hybridized carbons (Fsp3) is 0.429. The smallest absolute Gasteiger partial charge is 0.292 e. The Morgan fingerprint density at radius 2 is 2.24 bits per heavy atom. The minimum Gasteiger partial charge on any atom is -0.326 e. The summed E-state index contributed by atoms with van der Waals surface area (Å²) in [7, 11) is 0. The van der Waals surface area contributed by atoms with Gasteiger partial charge in [-0.25, -0.2) is 0 Å². The lowest BCUT2D eigenvalue weighted by Gasteiger charge is -2.19. The summed E-state index contributed by atoms with van der Waals surface area (Å²) in [6.07, 6.45) is 4.33. The number of nitro groups is 1. The van der Waals surface area contributed by atoms with Crippen LogP contribution in [-0.2, 0) is 0 Å². The summed E-state index contributed by atoms with van der Waals surface area (Å²) in [5.41, 5.74) is 4.22. The summed E-state index contributed by atoms with van der Waals surface area (Å²) in [5.74, 6) is 0.649. The molecular weight excluding hydrogens is 288 g/mol. The quantitative estimate of drug-likeness (QED) is 0.508. The number of hydrogen-bond acceptors (Lipinski definition) is 4. The Hall–Kier alpha value is -2.02. The van der Waals surface area contributed by atoms with Gasteiger partial charge in [-0.15, -0.1) is 0 Å². The Labute approximate surface area is 128 Å². The van der Waals surface area contributed by atoms with Crippen molar-refractivity contribution >= 4 is 34.4 Å². The molecule has 0 aliphatic heterocycles. The Kier molecular flexibility index (Phi) is 5.21. The number of hydrazone groups is 1. The second-order valence-electron chi connectivity index (χ2n) is 5.22. The first kappa shape index (κ1) is 15.4. The first-order chi connectivity index (χ1) is 10.1. The maximum absolute atomic E-state index is 10.9. The zero-order valence-electron chi connectivity index (χ0n) is 11.8. The number of para-hydroxylation sites is 2. The fourth-order valence-electron chi connectivity index (χ4n) is 2.38. The van der Waals surface area contributed by atoms with E-state index in [1.807, 2.05) is 0 Å². The lowest BCUT2D eigenvalue weighted by atomic mass is 9.89. The second-order valence-corrected chi connectivity index (χ2v) is 5.63. The Morgan fingerprint density at radius 3 is 2.95 bits per heavy atom. The Bertz CT molecular complexity index is 574. The first-order valence-electron chi connectivity index (χ1n) is 6.92. The van der Waals surface area contributed by atoms with Gasteiger partial charge in [0, 0.05) is 11.8 Å². The van der Waals surface area contributed by atoms with Crippen molar-refractivity contribution in [1.82, 2.24) is 5.43 Å². The molecule has 21 heavy (non-hydrogen) atoms. The number of hydrogen-bond donors (Lipinski definition) is 2. The van der Waals surface area contributed by atoms with Crippen molar-refractivity contribution < 1.29 is 4.92 Å². The molecule has 1 aliphatic rings. The fourth-order valence-corrected chi connectivity index (χ4v) is 2.54. The van der Waals surface area contributed by atoms with Gasteiger partial charge >= 0.3 is 0 Å². The van der Waals surface area contributed by atoms with Crippen molar-refractivity contribution in [2.75, 3.05) is 5.32 Å². The third kappa shape index (κ3) is 4.49. The van der Waals surface area contributed by atoms with Gasteiger partial charge in [0.05, 0.1) is 4.92 Å². The summed E-state index contributed by atoms with van der Waals surface area (Å²) in [6.45, 7) is 2.21. The van der Waals surface area contributed by atoms with E-state index in [9.17, 15) is 10.1 Å². The molecule has 2 rings (SSSR count). The number of benzene rings is 1. The molecule has 112 valence electrons. The van der Waals surface area contributed by atoms with Crippen molar-refractivity contribution in [3.05, 3.63) is 34.4 Å². The van der Waals surface area contributed by atoms with Gasteiger partial charge in [-0.05, 0) is 49.9 Å². The van der Waals surface area contributed by atoms with Gasteiger partial charge in [0.25, 0.3) is 5.69 Å². The van der Waals surface area contributed by atoms with Crippen molar-refractivity contribution in [2.24, 2.45) is 11.0 Å². The SMILES string of the molecule is C[C@H]1CCC/C(=N/NC(=S)Nc2ccccc2[N+](=O)[O-])C1. The van der Waals surface area contributed by atoms with Gasteiger partial charge in [-0.1, -0.05) is 19.1 Å². The van der Waals surface area contributed by atoms with Crippen molar-refractivity contribution in [3.8, 4) is 0 Å². The van der Waals surface area contributed by atoms with Crippen LogP contribution in [0.3, 0.4) is 0 Å². The molecule has 0 spiro atoms. The maximum Gasteiger partial charge on any atom is 0.292 e. The van der Waals surface area contributed by atoms with E-state index in [1.54, 1.807) is 18.2 Å². The van der Waals surface area contributed by atoms with E-state index in [-0.39, 0.29) is 10.8 Å². The molecule has 6 nitrogen and oxygen atoms in total. The van der Waals surface area contributed by atoms with Crippen LogP contribution in [0.25, 0.3) is 0 Å². The van der Waals surface area contributed by atoms with Crippen molar-refractivity contribution in [2.45, 2.75) is 32.6 Å². The molecule has 0 unspecified atom stereocenters. The molecule has 0 heterocycles. The molecule has 1 fully saturated rings. The van der Waals surface area contributed by atoms with Crippen molar-refractivity contribution in [1.29, 1.82) is 0 Å². The molecule has 1 atom stereocenters. The van der Waals surface area contributed by atoms with E-state index in [1.165, 1.54) is 12.5 Å². The van der Waals surface area contributed by atoms with E-state index in [2.05, 4.69) is 22.8 Å². The molecule has 1 aromatic rings. The number of anilines is 1. The van der Waals surface area contributed by atoms with E-state index in [0.29, 0.717) is 11.6 Å². The van der Waals surface area contributed by atoms with Gasteiger partial charge in [-0.2, -0.15) is 5.10 Å². The lowest BCUT2D eigenvalue weighted by molar-refractivity contribution is -0.383. The molecule has 0 radical (unpaired) electrons. The predicted molar refractivity (Wildman–Crippen MR) is 87.5 cm³/mol. The van der Waals surface area contributed by atoms with E-state index in [4.69, 9.17) is 12.2 Å². The molecule has 7 heteroatoms. The zero-order chi connectivity index (χ0) is 15.2. The van der Waals surface area contributed by atoms with Crippen molar-refractivity contribution in [3.63, 3.8) is 0 Å². The van der Waals surface area contributed by atoms with Gasteiger partial charge in [0.15, 0.2) is 5.11 Å². The van der Waals surface area contributed by atoms with Gasteiger partial charge < -0.3 is 5.32 Å². The van der Waals surface area contributed by atoms with Crippen LogP contribution in [0, 0.1) is 16.0 Å². The molecule has 0 bridgehead atoms. The number of thiocarbonyl (C=S) groups is 1. The van der Waals surface area contributed by atoms with Crippen LogP contribution in [0.2, 0.25) is 0 Å². The average Bonchev–Trinajstić information content (AvgIpc) is 2.45. The summed E-state index contributed by atoms with van der Waals surface area (Å²) in [4.78, 5) is 10.5. The van der Waals surface area contributed by atoms with Gasteiger partial charge in [-0.3, -0.25) is 15.5 Å². The first-order valence-corrected chi connectivity index (χ1v) is 7.33. The molecule has 0 amide bonds. The second kappa shape index (κ2) is 7.12. The van der Waals surface area contributed by atoms with Crippen LogP contribution in [0.15, 0.2) is 29.4 Å². The average molecular weight is 306 g/mol. The number of nitro benzene ring substituents is 1. The summed E-state index contributed by atoms with van der Waals surface area (Å²) < 4.78 is 0. The molecule has 1 saturated carbocycles. The summed E-state index contributed by atoms with van der Waals surface area (Å²) >= 11 is 5.13. The van der Waals surface area contributed by atoms with Crippen LogP contribution >= 0.6 is 12.2 Å². The predicted octanol–water partition coefficient (Wildman–Crippen LogP) is 3.45. The molecule has 2 N–H and O–H groups in total. The molecule has 1 aromatic carbocycles. The zero-order valence-corrected chi connectivity index (χ0v) is 12.7. The molecular formula is C14H18N4O2S. The molecule has 0 saturated heterocycles. The third-order valence-electron chi connectivity index (χ3n) is 3.41. The third-order valence-corrected chi connectivity index (χ3v) is 3.60. The number of nitrogens with one attached hydrogen (secondary N) is 2. The van der Waals surface area contributed by atoms with E-state index >= 15 is 0 Å². The van der Waals surface area contributed by atoms with Gasteiger partial charge in [0.1, 0.15) is 5.69 Å². The minimum absolute atomic E-state index is 0.0133. The van der Waals surface area contributed by atoms with Crippen LogP contribution in [-0.4, -0.2) is 15.7 Å². The van der Waals surface area contributed by atoms with Crippen LogP contribution in [0.1, 0.15) is 32.6 Å². The highest BCUT2D eigenvalue weighted by atomic mass is 32.1. The lowest BCUT2D eigenvalue weighted by Crippen LogP contribution is -2.26. The number of rotatable bonds is 3. The summed E-state index contributed by atoms with van der Waals surface area (Å²) in [6, 6.07) is 6.37. The maximum atomic E-state index is 10.9. The molecule has 0 aromatic heterocycles. The minimum atomic E-state index is -0.445. The highest BCUT2D eigenvalue weighted by Gasteiger charge is 2.15. The number of nitrogens with zero attached hydrogens (tertiary/aromatic N) is 2. The van der Waals surface area contributed by atoms with Crippen LogP contribution in [0.5, 0.6) is 0 Å². The monoisotopic (exact) mass is 306 g/mol. The molecule has 1 aliphatic carbocycles. The van der Waals surface area contributed by atoms with Crippen LogP contribution < -0.4 is 10.7 Å². The standard InChI is InChI=1S/C14H18N4O2S/c1-10-5-4-6-11(9-10)16-17-14(21)15-12-7-2-3-8-13(12)18(19)20/h2-3,7-8,10H,4-6,9H2,1H3,(H2,15,17,21)/b16-11-/t10-/m0/s1. The topological polar surface area (TPSA) is 79.6 Å². The van der Waals surface area contributed by atoms with Gasteiger partial charge in [0.2, 0.25) is 0 Å². The summed E-state index contributed by atoms with van der Waals surface area (Å²) in [5, 5.41) is 18.3. The van der Waals surface area contributed by atoms with E-state index < -0.39 is 4.92 Å². The highest BCUT2D eigenvalue weighted by Crippen LogP contribution is 2.23. The normalized spacial score (nSPS) is 20.0. The Balaban J connectivity index is 1.96.